The number of fused-ring (bicyclic) bond motifs is 2. The second-order valence-corrected chi connectivity index (χ2v) is 14.0. The summed E-state index contributed by atoms with van der Waals surface area (Å²) in [5, 5.41) is 16.2. The molecule has 0 amide bonds. The van der Waals surface area contributed by atoms with E-state index in [0.29, 0.717) is 0 Å². The minimum absolute atomic E-state index is 0. The zero-order valence-electron chi connectivity index (χ0n) is 26.6. The van der Waals surface area contributed by atoms with Crippen LogP contribution in [0.15, 0.2) is 88.6 Å². The average molecular weight is 953 g/mol. The molecule has 3 N–H and O–H groups in total. The van der Waals surface area contributed by atoms with E-state index in [9.17, 15) is 0 Å². The van der Waals surface area contributed by atoms with E-state index in [1.807, 2.05) is 29.9 Å². The molecule has 4 heterocycles. The number of benzene rings is 2. The van der Waals surface area contributed by atoms with Crippen LogP contribution in [-0.4, -0.2) is 33.5 Å². The van der Waals surface area contributed by atoms with Crippen molar-refractivity contribution < 1.29 is 53.5 Å². The van der Waals surface area contributed by atoms with Gasteiger partial charge in [-0.2, -0.15) is 0 Å². The normalized spacial score (nSPS) is 11.5. The van der Waals surface area contributed by atoms with Gasteiger partial charge >= 0.3 is 29.6 Å². The van der Waals surface area contributed by atoms with Gasteiger partial charge in [0.25, 0.3) is 0 Å². The number of hydrogen-bond donors (Lipinski definition) is 3. The molecule has 2 aromatic carbocycles. The summed E-state index contributed by atoms with van der Waals surface area (Å²) in [7, 11) is 1.98. The quantitative estimate of drug-likeness (QED) is 0.114. The maximum atomic E-state index is 4.35. The fraction of sp³-hybridized carbons (Fsp3) is 0.273. The van der Waals surface area contributed by atoms with Crippen molar-refractivity contribution in [3.8, 4) is 0 Å². The molecule has 7 nitrogen and oxygen atoms in total. The van der Waals surface area contributed by atoms with Gasteiger partial charge in [-0.25, -0.2) is 19.9 Å². The molecule has 0 aliphatic heterocycles. The molecular weight excluding hydrogens is 915 g/mol. The molecule has 0 spiro atoms. The van der Waals surface area contributed by atoms with Crippen LogP contribution in [-0.2, 0) is 0 Å². The summed E-state index contributed by atoms with van der Waals surface area (Å²) in [6.45, 7) is 7.62. The van der Waals surface area contributed by atoms with Gasteiger partial charge in [0.2, 0.25) is 0 Å². The Balaban J connectivity index is 0.000000263. The largest absolute Gasteiger partial charge is 1.00 e. The summed E-state index contributed by atoms with van der Waals surface area (Å²) in [5.41, 5.74) is 2.48. The first kappa shape index (κ1) is 41.2. The van der Waals surface area contributed by atoms with E-state index in [2.05, 4.69) is 144 Å². The first-order valence-electron chi connectivity index (χ1n) is 14.4. The van der Waals surface area contributed by atoms with Crippen LogP contribution >= 0.6 is 61.2 Å². The number of nitrogens with one attached hydrogen (secondary N) is 3. The number of rotatable bonds is 9. The van der Waals surface area contributed by atoms with Crippen molar-refractivity contribution >= 4 is 93.3 Å². The molecule has 238 valence electrons. The number of unbranched alkanes of at least 4 members (excludes halogenated alkanes) is 1. The molecule has 0 bridgehead atoms. The summed E-state index contributed by atoms with van der Waals surface area (Å²) in [6, 6.07) is 21.4. The Kier molecular flexibility index (Phi) is 19.6. The predicted molar refractivity (Wildman–Crippen MR) is 201 cm³/mol. The Bertz CT molecular complexity index is 1590. The number of halogens is 3. The number of anilines is 2. The van der Waals surface area contributed by atoms with Crippen LogP contribution in [0.2, 0.25) is 0 Å². The zero-order valence-corrected chi connectivity index (χ0v) is 36.1. The zero-order chi connectivity index (χ0) is 31.3. The summed E-state index contributed by atoms with van der Waals surface area (Å²) < 4.78 is 2.33. The summed E-state index contributed by atoms with van der Waals surface area (Å²) in [5.74, 6) is 1.79. The Labute approximate surface area is 341 Å². The van der Waals surface area contributed by atoms with Gasteiger partial charge in [-0.3, -0.25) is 0 Å². The molecule has 0 aliphatic carbocycles. The molecule has 13 heteroatoms. The van der Waals surface area contributed by atoms with E-state index >= 15 is 0 Å². The van der Waals surface area contributed by atoms with E-state index in [1.165, 1.54) is 27.5 Å². The molecule has 0 saturated heterocycles. The third-order valence-corrected chi connectivity index (χ3v) is 9.64. The predicted octanol–water partition coefficient (Wildman–Crippen LogP) is 4.11. The molecular formula is C33H37BrI2N7NaS2. The van der Waals surface area contributed by atoms with Crippen molar-refractivity contribution in [2.45, 2.75) is 45.7 Å². The molecule has 2 unspecified atom stereocenters. The monoisotopic (exact) mass is 951 g/mol. The van der Waals surface area contributed by atoms with Crippen molar-refractivity contribution in [1.29, 1.82) is 0 Å². The standard InChI is InChI=1S/C14H12BrN3S.C14H12IN3S.C5H13N.HI.Na/c2*1-9(10-2-4-11(15)5-3-10)18-13-12-6-7-19-14(12)17-8-16-13;1-3-4-5-6-2;;/h2*2-9H,1H3,(H,16,17,18);6H,3-5H2,1-2H3;1H;/q;;;;+1/p-1. The van der Waals surface area contributed by atoms with Gasteiger partial charge in [0.1, 0.15) is 34.0 Å². The van der Waals surface area contributed by atoms with Crippen LogP contribution in [0.3, 0.4) is 0 Å². The van der Waals surface area contributed by atoms with Crippen molar-refractivity contribution in [2.24, 2.45) is 0 Å². The van der Waals surface area contributed by atoms with E-state index in [-0.39, 0.29) is 65.6 Å². The van der Waals surface area contributed by atoms with E-state index in [1.54, 1.807) is 35.3 Å². The molecule has 0 aliphatic rings. The second kappa shape index (κ2) is 21.9. The molecule has 46 heavy (non-hydrogen) atoms. The van der Waals surface area contributed by atoms with Crippen LogP contribution in [0.1, 0.15) is 56.8 Å². The first-order chi connectivity index (χ1) is 21.4. The maximum absolute atomic E-state index is 4.35. The van der Waals surface area contributed by atoms with Gasteiger partial charge < -0.3 is 39.9 Å². The third-order valence-electron chi connectivity index (χ3n) is 6.75. The molecule has 0 radical (unpaired) electrons. The Morgan fingerprint density at radius 3 is 1.61 bits per heavy atom. The molecule has 0 fully saturated rings. The average Bonchev–Trinajstić information content (AvgIpc) is 3.72. The van der Waals surface area contributed by atoms with Gasteiger partial charge in [0, 0.05) is 20.1 Å². The van der Waals surface area contributed by atoms with Gasteiger partial charge in [-0.1, -0.05) is 53.5 Å². The number of thiophene rings is 2. The van der Waals surface area contributed by atoms with Crippen molar-refractivity contribution in [3.63, 3.8) is 0 Å². The fourth-order valence-corrected chi connectivity index (χ4v) is 6.33. The number of nitrogens with zero attached hydrogens (tertiary/aromatic N) is 4. The van der Waals surface area contributed by atoms with E-state index in [0.717, 1.165) is 43.1 Å². The number of hydrogen-bond acceptors (Lipinski definition) is 9. The maximum Gasteiger partial charge on any atom is 1.00 e. The van der Waals surface area contributed by atoms with Gasteiger partial charge in [0.15, 0.2) is 0 Å². The van der Waals surface area contributed by atoms with E-state index in [4.69, 9.17) is 0 Å². The van der Waals surface area contributed by atoms with Crippen LogP contribution in [0.25, 0.3) is 20.4 Å². The van der Waals surface area contributed by atoms with Crippen molar-refractivity contribution in [2.75, 3.05) is 24.2 Å². The topological polar surface area (TPSA) is 87.7 Å². The molecule has 4 aromatic heterocycles. The molecule has 6 aromatic rings. The minimum atomic E-state index is 0. The molecule has 0 saturated carbocycles. The first-order valence-corrected chi connectivity index (χ1v) is 18.1. The summed E-state index contributed by atoms with van der Waals surface area (Å²) in [6.07, 6.45) is 5.81. The third kappa shape index (κ3) is 12.5. The van der Waals surface area contributed by atoms with E-state index < -0.39 is 0 Å². The van der Waals surface area contributed by atoms with Gasteiger partial charge in [0.05, 0.1) is 10.8 Å². The molecule has 6 rings (SSSR count). The minimum Gasteiger partial charge on any atom is -1.00 e. The SMILES string of the molecule is CC(Nc1ncnc2sccc12)c1ccc(Br)cc1.CC(Nc1ncnc2sccc12)c1ccc(I)cc1.CCCCNC.[I-].[Na+]. The Morgan fingerprint density at radius 1 is 0.739 bits per heavy atom. The Hall–Kier alpha value is -0.980. The van der Waals surface area contributed by atoms with Crippen molar-refractivity contribution in [3.05, 3.63) is 103 Å². The smallest absolute Gasteiger partial charge is 1.00 e. The fourth-order valence-electron chi connectivity index (χ4n) is 4.24. The van der Waals surface area contributed by atoms with Crippen LogP contribution in [0, 0.1) is 3.57 Å². The van der Waals surface area contributed by atoms with Crippen LogP contribution in [0.4, 0.5) is 11.6 Å². The summed E-state index contributed by atoms with van der Waals surface area (Å²) in [4.78, 5) is 19.2. The Morgan fingerprint density at radius 2 is 1.20 bits per heavy atom. The van der Waals surface area contributed by atoms with Gasteiger partial charge in [-0.05, 0) is 115 Å². The van der Waals surface area contributed by atoms with Crippen molar-refractivity contribution in [1.82, 2.24) is 25.3 Å². The van der Waals surface area contributed by atoms with Gasteiger partial charge in [-0.15, -0.1) is 22.7 Å². The summed E-state index contributed by atoms with van der Waals surface area (Å²) >= 11 is 9.03. The molecule has 2 atom stereocenters. The van der Waals surface area contributed by atoms with Crippen LogP contribution < -0.4 is 69.5 Å². The number of aromatic nitrogens is 4. The van der Waals surface area contributed by atoms with Crippen LogP contribution in [0.5, 0.6) is 0 Å². The second-order valence-electron chi connectivity index (χ2n) is 10.0.